The van der Waals surface area contributed by atoms with Gasteiger partial charge in [0, 0.05) is 24.0 Å². The number of hydrogen-bond acceptors (Lipinski definition) is 1. The minimum Gasteiger partial charge on any atom is -0.292 e. The van der Waals surface area contributed by atoms with Crippen LogP contribution in [0.5, 0.6) is 0 Å². The topological polar surface area (TPSA) is 33.1 Å². The van der Waals surface area contributed by atoms with Gasteiger partial charge in [-0.05, 0) is 12.1 Å². The van der Waals surface area contributed by atoms with Crippen LogP contribution >= 0.6 is 0 Å². The molecule has 0 atom stereocenters. The van der Waals surface area contributed by atoms with Gasteiger partial charge in [-0.2, -0.15) is 13.2 Å². The summed E-state index contributed by atoms with van der Waals surface area (Å²) in [6, 6.07) is 6.89. The number of rotatable bonds is 1. The van der Waals surface area contributed by atoms with Crippen molar-refractivity contribution >= 4 is 5.65 Å². The van der Waals surface area contributed by atoms with E-state index in [4.69, 9.17) is 0 Å². The Hall–Kier alpha value is -2.24. The summed E-state index contributed by atoms with van der Waals surface area (Å²) < 4.78 is 39.4. The fourth-order valence-electron chi connectivity index (χ4n) is 1.82. The van der Waals surface area contributed by atoms with Gasteiger partial charge in [0.05, 0.1) is 11.3 Å². The average molecular weight is 251 g/mol. The summed E-state index contributed by atoms with van der Waals surface area (Å²) in [5.41, 5.74) is 1.09. The Morgan fingerprint density at radius 3 is 2.72 bits per heavy atom. The van der Waals surface area contributed by atoms with Gasteiger partial charge in [-0.1, -0.05) is 12.1 Å². The van der Waals surface area contributed by atoms with Gasteiger partial charge < -0.3 is 0 Å². The van der Waals surface area contributed by atoms with E-state index in [1.807, 2.05) is 0 Å². The van der Waals surface area contributed by atoms with Gasteiger partial charge in [0.1, 0.15) is 0 Å². The molecule has 0 aliphatic heterocycles. The molecule has 18 heavy (non-hydrogen) atoms. The zero-order chi connectivity index (χ0) is 12.8. The first-order chi connectivity index (χ1) is 8.54. The summed E-state index contributed by atoms with van der Waals surface area (Å²) >= 11 is 0. The van der Waals surface area contributed by atoms with E-state index in [0.717, 1.165) is 12.1 Å². The first-order valence-electron chi connectivity index (χ1n) is 5.24. The third kappa shape index (κ3) is 1.75. The molecule has 3 rings (SSSR count). The summed E-state index contributed by atoms with van der Waals surface area (Å²) in [6.45, 7) is 0. The number of hydrogen-bond donors (Lipinski definition) is 1. The van der Waals surface area contributed by atoms with Gasteiger partial charge in [0.25, 0.3) is 0 Å². The largest absolute Gasteiger partial charge is 0.416 e. The van der Waals surface area contributed by atoms with Crippen molar-refractivity contribution in [3.8, 4) is 11.3 Å². The van der Waals surface area contributed by atoms with Crippen molar-refractivity contribution in [2.45, 2.75) is 6.18 Å². The van der Waals surface area contributed by atoms with Crippen molar-refractivity contribution in [1.82, 2.24) is 14.6 Å². The number of imidazole rings is 1. The highest BCUT2D eigenvalue weighted by molar-refractivity contribution is 5.64. The maximum atomic E-state index is 12.6. The number of halogens is 3. The molecule has 0 fully saturated rings. The maximum absolute atomic E-state index is 12.6. The van der Waals surface area contributed by atoms with E-state index >= 15 is 0 Å². The number of alkyl halides is 3. The zero-order valence-corrected chi connectivity index (χ0v) is 9.07. The smallest absolute Gasteiger partial charge is 0.292 e. The van der Waals surface area contributed by atoms with Crippen molar-refractivity contribution in [2.75, 3.05) is 0 Å². The molecule has 0 saturated carbocycles. The molecule has 0 amide bonds. The molecule has 0 spiro atoms. The molecule has 0 radical (unpaired) electrons. The minimum atomic E-state index is -4.33. The fourth-order valence-corrected chi connectivity index (χ4v) is 1.82. The minimum absolute atomic E-state index is 0.482. The molecule has 3 aromatic rings. The van der Waals surface area contributed by atoms with E-state index < -0.39 is 11.7 Å². The number of aromatic amines is 1. The average Bonchev–Trinajstić information content (AvgIpc) is 2.88. The van der Waals surface area contributed by atoms with Gasteiger partial charge in [0.15, 0.2) is 5.65 Å². The van der Waals surface area contributed by atoms with Crippen LogP contribution in [0.25, 0.3) is 16.9 Å². The third-order valence-electron chi connectivity index (χ3n) is 2.68. The molecule has 0 unspecified atom stereocenters. The van der Waals surface area contributed by atoms with Crippen LogP contribution in [0, 0.1) is 0 Å². The number of H-pyrrole nitrogens is 1. The molecular formula is C12H8F3N3. The summed E-state index contributed by atoms with van der Waals surface area (Å²) in [7, 11) is 0. The lowest BCUT2D eigenvalue weighted by atomic mass is 10.1. The zero-order valence-electron chi connectivity index (χ0n) is 9.07. The van der Waals surface area contributed by atoms with Crippen molar-refractivity contribution in [1.29, 1.82) is 0 Å². The molecule has 0 aliphatic carbocycles. The van der Waals surface area contributed by atoms with Crippen LogP contribution in [0.15, 0.2) is 42.7 Å². The van der Waals surface area contributed by atoms with Gasteiger partial charge in [0.2, 0.25) is 0 Å². The molecule has 3 nitrogen and oxygen atoms in total. The fraction of sp³-hybridized carbons (Fsp3) is 0.0833. The SMILES string of the molecule is FC(F)(F)c1cccc(-c2cc3nccn3[nH]2)c1. The maximum Gasteiger partial charge on any atom is 0.416 e. The van der Waals surface area contributed by atoms with E-state index in [-0.39, 0.29) is 0 Å². The molecule has 2 heterocycles. The first-order valence-corrected chi connectivity index (χ1v) is 5.24. The molecule has 0 saturated heterocycles. The standard InChI is InChI=1S/C12H8F3N3/c13-12(14,15)9-3-1-2-8(6-9)10-7-11-16-4-5-18(11)17-10/h1-7,17H. The second kappa shape index (κ2) is 3.63. The predicted octanol–water partition coefficient (Wildman–Crippen LogP) is 3.35. The quantitative estimate of drug-likeness (QED) is 0.706. The van der Waals surface area contributed by atoms with Crippen LogP contribution in [0.3, 0.4) is 0 Å². The van der Waals surface area contributed by atoms with Crippen LogP contribution in [-0.2, 0) is 6.18 Å². The second-order valence-corrected chi connectivity index (χ2v) is 3.90. The Morgan fingerprint density at radius 2 is 2.00 bits per heavy atom. The van der Waals surface area contributed by atoms with Crippen molar-refractivity contribution in [2.24, 2.45) is 0 Å². The Labute approximate surface area is 99.9 Å². The lowest BCUT2D eigenvalue weighted by Gasteiger charge is -2.07. The molecule has 1 N–H and O–H groups in total. The van der Waals surface area contributed by atoms with Gasteiger partial charge in [-0.25, -0.2) is 9.50 Å². The van der Waals surface area contributed by atoms with Crippen molar-refractivity contribution < 1.29 is 13.2 Å². The lowest BCUT2D eigenvalue weighted by Crippen LogP contribution is -2.04. The highest BCUT2D eigenvalue weighted by Crippen LogP contribution is 2.31. The normalized spacial score (nSPS) is 12.2. The number of nitrogens with zero attached hydrogens (tertiary/aromatic N) is 2. The first kappa shape index (κ1) is 10.9. The summed E-state index contributed by atoms with van der Waals surface area (Å²) in [5.74, 6) is 0. The molecule has 92 valence electrons. The van der Waals surface area contributed by atoms with E-state index in [9.17, 15) is 13.2 Å². The van der Waals surface area contributed by atoms with E-state index in [1.165, 1.54) is 6.07 Å². The highest BCUT2D eigenvalue weighted by Gasteiger charge is 2.30. The number of nitrogens with one attached hydrogen (secondary N) is 1. The summed E-state index contributed by atoms with van der Waals surface area (Å²) in [6.07, 6.45) is -1.02. The van der Waals surface area contributed by atoms with E-state index in [2.05, 4.69) is 10.1 Å². The van der Waals surface area contributed by atoms with Crippen LogP contribution in [0.4, 0.5) is 13.2 Å². The van der Waals surface area contributed by atoms with Crippen LogP contribution in [0.2, 0.25) is 0 Å². The molecular weight excluding hydrogens is 243 g/mol. The molecule has 0 aliphatic rings. The monoisotopic (exact) mass is 251 g/mol. The summed E-state index contributed by atoms with van der Waals surface area (Å²) in [5, 5.41) is 2.96. The number of fused-ring (bicyclic) bond motifs is 1. The number of benzene rings is 1. The van der Waals surface area contributed by atoms with Crippen LogP contribution in [0.1, 0.15) is 5.56 Å². The Kier molecular flexibility index (Phi) is 2.19. The van der Waals surface area contributed by atoms with Crippen molar-refractivity contribution in [3.05, 3.63) is 48.3 Å². The van der Waals surface area contributed by atoms with E-state index in [0.29, 0.717) is 16.9 Å². The Morgan fingerprint density at radius 1 is 1.17 bits per heavy atom. The molecule has 6 heteroatoms. The van der Waals surface area contributed by atoms with Gasteiger partial charge in [-0.3, -0.25) is 5.10 Å². The molecule has 2 aromatic heterocycles. The van der Waals surface area contributed by atoms with Crippen LogP contribution in [-0.4, -0.2) is 14.6 Å². The Bertz CT molecular complexity index is 665. The highest BCUT2D eigenvalue weighted by atomic mass is 19.4. The van der Waals surface area contributed by atoms with Gasteiger partial charge >= 0.3 is 6.18 Å². The lowest BCUT2D eigenvalue weighted by molar-refractivity contribution is -0.137. The second-order valence-electron chi connectivity index (χ2n) is 3.90. The van der Waals surface area contributed by atoms with Crippen molar-refractivity contribution in [3.63, 3.8) is 0 Å². The molecule has 0 bridgehead atoms. The summed E-state index contributed by atoms with van der Waals surface area (Å²) in [4.78, 5) is 4.05. The molecule has 1 aromatic carbocycles. The third-order valence-corrected chi connectivity index (χ3v) is 2.68. The van der Waals surface area contributed by atoms with Crippen LogP contribution < -0.4 is 0 Å². The number of aromatic nitrogens is 3. The van der Waals surface area contributed by atoms with E-state index in [1.54, 1.807) is 29.0 Å². The Balaban J connectivity index is 2.09. The predicted molar refractivity (Wildman–Crippen MR) is 60.0 cm³/mol. The van der Waals surface area contributed by atoms with Gasteiger partial charge in [-0.15, -0.1) is 0 Å².